The van der Waals surface area contributed by atoms with Gasteiger partial charge in [-0.15, -0.1) is 0 Å². The largest absolute Gasteiger partial charge is 0.411 e. The Balaban J connectivity index is 0.00000274. The van der Waals surface area contributed by atoms with Gasteiger partial charge in [-0.1, -0.05) is 117 Å². The predicted molar refractivity (Wildman–Crippen MR) is 135 cm³/mol. The summed E-state index contributed by atoms with van der Waals surface area (Å²) in [5, 5.41) is 0. The van der Waals surface area contributed by atoms with Gasteiger partial charge in [-0.2, -0.15) is 26.3 Å². The molecular formula is C29H42F6. The first kappa shape index (κ1) is 33.0. The van der Waals surface area contributed by atoms with E-state index >= 15 is 0 Å². The summed E-state index contributed by atoms with van der Waals surface area (Å²) in [6.07, 6.45) is -8.15. The van der Waals surface area contributed by atoms with Crippen LogP contribution in [0.25, 0.3) is 0 Å². The highest BCUT2D eigenvalue weighted by atomic mass is 19.4. The van der Waals surface area contributed by atoms with Crippen LogP contribution in [0.2, 0.25) is 0 Å². The highest BCUT2D eigenvalue weighted by molar-refractivity contribution is 5.45. The van der Waals surface area contributed by atoms with Gasteiger partial charge in [0.05, 0.1) is 0 Å². The smallest absolute Gasteiger partial charge is 0.169 e. The third-order valence-electron chi connectivity index (χ3n) is 6.19. The summed E-state index contributed by atoms with van der Waals surface area (Å²) >= 11 is 0. The van der Waals surface area contributed by atoms with Crippen molar-refractivity contribution in [3.05, 3.63) is 70.8 Å². The standard InChI is InChI=1S/C25H30F6.2C2H6/c1-5-17(3)15-19-7-11-21(12-8-19)23(24(26,27)28,25(29,30)31)22-13-9-20(10-14-22)16-18(4)6-2;2*1-2/h7-14,17-18H,5-6,15-16H2,1-4H3;2*1-2H3. The molecular weight excluding hydrogens is 462 g/mol. The van der Waals surface area contributed by atoms with Gasteiger partial charge >= 0.3 is 12.4 Å². The summed E-state index contributed by atoms with van der Waals surface area (Å²) in [5.74, 6) is 0.581. The molecule has 0 amide bonds. The maximum absolute atomic E-state index is 14.3. The van der Waals surface area contributed by atoms with Crippen molar-refractivity contribution in [3.63, 3.8) is 0 Å². The molecule has 0 aromatic heterocycles. The molecule has 0 heterocycles. The molecule has 0 bridgehead atoms. The first-order chi connectivity index (χ1) is 16.4. The maximum atomic E-state index is 14.3. The fourth-order valence-corrected chi connectivity index (χ4v) is 3.86. The lowest BCUT2D eigenvalue weighted by Gasteiger charge is -2.38. The molecule has 2 aromatic carbocycles. The fraction of sp³-hybridized carbons (Fsp3) is 0.586. The highest BCUT2D eigenvalue weighted by Crippen LogP contribution is 2.56. The van der Waals surface area contributed by atoms with Crippen LogP contribution in [0.4, 0.5) is 26.3 Å². The lowest BCUT2D eigenvalue weighted by atomic mass is 9.72. The SMILES string of the molecule is CC.CC.CCC(C)Cc1ccc(C(c2ccc(CC(C)CC)cc2)(C(F)(F)F)C(F)(F)F)cc1. The van der Waals surface area contributed by atoms with Crippen LogP contribution in [-0.4, -0.2) is 12.4 Å². The molecule has 0 saturated carbocycles. The van der Waals surface area contributed by atoms with E-state index in [4.69, 9.17) is 0 Å². The Morgan fingerprint density at radius 3 is 1.00 bits per heavy atom. The highest BCUT2D eigenvalue weighted by Gasteiger charge is 2.72. The van der Waals surface area contributed by atoms with E-state index < -0.39 is 28.9 Å². The van der Waals surface area contributed by atoms with Crippen LogP contribution in [0.5, 0.6) is 0 Å². The Hall–Kier alpha value is -1.98. The van der Waals surface area contributed by atoms with Crippen LogP contribution >= 0.6 is 0 Å². The zero-order chi connectivity index (χ0) is 27.4. The van der Waals surface area contributed by atoms with Gasteiger partial charge in [-0.25, -0.2) is 0 Å². The lowest BCUT2D eigenvalue weighted by molar-refractivity contribution is -0.288. The van der Waals surface area contributed by atoms with E-state index in [9.17, 15) is 26.3 Å². The van der Waals surface area contributed by atoms with Gasteiger partial charge in [0.1, 0.15) is 0 Å². The first-order valence-electron chi connectivity index (χ1n) is 12.7. The van der Waals surface area contributed by atoms with Gasteiger partial charge in [-0.05, 0) is 46.9 Å². The lowest BCUT2D eigenvalue weighted by Crippen LogP contribution is -2.54. The Labute approximate surface area is 208 Å². The van der Waals surface area contributed by atoms with E-state index in [0.29, 0.717) is 24.7 Å². The second kappa shape index (κ2) is 14.5. The van der Waals surface area contributed by atoms with Gasteiger partial charge in [0, 0.05) is 0 Å². The van der Waals surface area contributed by atoms with Crippen LogP contribution in [0.15, 0.2) is 48.5 Å². The predicted octanol–water partition coefficient (Wildman–Crippen LogP) is 10.3. The van der Waals surface area contributed by atoms with Crippen LogP contribution in [-0.2, 0) is 18.3 Å². The molecule has 2 aromatic rings. The van der Waals surface area contributed by atoms with Crippen LogP contribution < -0.4 is 0 Å². The molecule has 2 atom stereocenters. The Morgan fingerprint density at radius 1 is 0.543 bits per heavy atom. The third kappa shape index (κ3) is 8.01. The molecule has 0 radical (unpaired) electrons. The first-order valence-corrected chi connectivity index (χ1v) is 12.7. The molecule has 0 fully saturated rings. The molecule has 6 heteroatoms. The van der Waals surface area contributed by atoms with Crippen molar-refractivity contribution in [2.45, 2.75) is 98.8 Å². The zero-order valence-electron chi connectivity index (χ0n) is 22.4. The number of benzene rings is 2. The summed E-state index contributed by atoms with van der Waals surface area (Å²) in [6.45, 7) is 16.0. The van der Waals surface area contributed by atoms with Crippen molar-refractivity contribution in [1.29, 1.82) is 0 Å². The van der Waals surface area contributed by atoms with Crippen molar-refractivity contribution in [1.82, 2.24) is 0 Å². The second-order valence-corrected chi connectivity index (χ2v) is 8.57. The molecule has 2 rings (SSSR count). The van der Waals surface area contributed by atoms with Gasteiger partial charge in [0.25, 0.3) is 0 Å². The molecule has 0 saturated heterocycles. The van der Waals surface area contributed by atoms with Gasteiger partial charge in [0.15, 0.2) is 0 Å². The average Bonchev–Trinajstić information content (AvgIpc) is 2.82. The van der Waals surface area contributed by atoms with Crippen molar-refractivity contribution < 1.29 is 26.3 Å². The van der Waals surface area contributed by atoms with Gasteiger partial charge in [-0.3, -0.25) is 0 Å². The van der Waals surface area contributed by atoms with Gasteiger partial charge < -0.3 is 0 Å². The molecule has 0 aliphatic heterocycles. The van der Waals surface area contributed by atoms with E-state index in [1.165, 1.54) is 24.3 Å². The fourth-order valence-electron chi connectivity index (χ4n) is 3.86. The molecule has 200 valence electrons. The summed E-state index contributed by atoms with van der Waals surface area (Å²) < 4.78 is 85.5. The molecule has 0 aliphatic carbocycles. The van der Waals surface area contributed by atoms with Gasteiger partial charge in [0.2, 0.25) is 5.41 Å². The minimum absolute atomic E-state index is 0.291. The summed E-state index contributed by atoms with van der Waals surface area (Å²) in [4.78, 5) is 0. The number of alkyl halides is 6. The van der Waals surface area contributed by atoms with Crippen LogP contribution in [0.3, 0.4) is 0 Å². The monoisotopic (exact) mass is 504 g/mol. The topological polar surface area (TPSA) is 0 Å². The van der Waals surface area contributed by atoms with E-state index in [2.05, 4.69) is 0 Å². The Morgan fingerprint density at radius 2 is 0.800 bits per heavy atom. The quantitative estimate of drug-likeness (QED) is 0.314. The molecule has 2 unspecified atom stereocenters. The minimum atomic E-state index is -5.55. The van der Waals surface area contributed by atoms with Crippen LogP contribution in [0, 0.1) is 11.8 Å². The summed E-state index contributed by atoms with van der Waals surface area (Å²) in [5.41, 5.74) is -4.25. The van der Waals surface area contributed by atoms with Crippen LogP contribution in [0.1, 0.15) is 90.5 Å². The van der Waals surface area contributed by atoms with E-state index in [-0.39, 0.29) is 0 Å². The molecule has 0 N–H and O–H groups in total. The molecule has 0 aliphatic rings. The number of hydrogen-bond donors (Lipinski definition) is 0. The molecule has 0 spiro atoms. The van der Waals surface area contributed by atoms with Crippen molar-refractivity contribution in [2.75, 3.05) is 0 Å². The summed E-state index contributed by atoms with van der Waals surface area (Å²) in [6, 6.07) is 9.43. The maximum Gasteiger partial charge on any atom is 0.411 e. The minimum Gasteiger partial charge on any atom is -0.169 e. The molecule has 0 nitrogen and oxygen atoms in total. The summed E-state index contributed by atoms with van der Waals surface area (Å²) in [7, 11) is 0. The van der Waals surface area contributed by atoms with Crippen molar-refractivity contribution >= 4 is 0 Å². The van der Waals surface area contributed by atoms with Crippen molar-refractivity contribution in [3.8, 4) is 0 Å². The molecule has 35 heavy (non-hydrogen) atoms. The van der Waals surface area contributed by atoms with E-state index in [1.54, 1.807) is 0 Å². The van der Waals surface area contributed by atoms with Crippen molar-refractivity contribution in [2.24, 2.45) is 11.8 Å². The normalized spacial score (nSPS) is 13.7. The Bertz CT molecular complexity index is 745. The number of rotatable bonds is 8. The zero-order valence-corrected chi connectivity index (χ0v) is 22.4. The third-order valence-corrected chi connectivity index (χ3v) is 6.19. The second-order valence-electron chi connectivity index (χ2n) is 8.57. The average molecular weight is 505 g/mol. The number of hydrogen-bond acceptors (Lipinski definition) is 0. The number of halogens is 6. The van der Waals surface area contributed by atoms with E-state index in [1.807, 2.05) is 55.4 Å². The van der Waals surface area contributed by atoms with E-state index in [0.717, 1.165) is 48.2 Å². The Kier molecular flexibility index (Phi) is 13.7.